The molecule has 6 heteroatoms. The molecule has 0 unspecified atom stereocenters. The number of nitrogens with one attached hydrogen (secondary N) is 2. The molecule has 3 rings (SSSR count). The molecule has 0 saturated heterocycles. The van der Waals surface area contributed by atoms with Crippen LogP contribution in [-0.4, -0.2) is 29.3 Å². The van der Waals surface area contributed by atoms with Gasteiger partial charge in [0, 0.05) is 17.8 Å². The standard InChI is InChI=1S/C19H20N2O4/c22-18(23)16-8-4-5-9-17(16)20-14-10-15(11-14)21-19(24)25-12-13-6-2-1-3-7-13/h1-9,14-15,20H,10-12H2,(H,21,24)(H,22,23). The number of hydrogen-bond donors (Lipinski definition) is 3. The highest BCUT2D eigenvalue weighted by molar-refractivity contribution is 5.94. The minimum Gasteiger partial charge on any atom is -0.478 e. The normalized spacial score (nSPS) is 18.7. The molecular formula is C19H20N2O4. The van der Waals surface area contributed by atoms with Gasteiger partial charge in [0.2, 0.25) is 0 Å². The summed E-state index contributed by atoms with van der Waals surface area (Å²) in [6.45, 7) is 0.243. The van der Waals surface area contributed by atoms with Crippen LogP contribution in [0.15, 0.2) is 54.6 Å². The molecule has 1 fully saturated rings. The van der Waals surface area contributed by atoms with Crippen molar-refractivity contribution in [3.8, 4) is 0 Å². The SMILES string of the molecule is O=C(NC1CC(Nc2ccccc2C(=O)O)C1)OCc1ccccc1. The van der Waals surface area contributed by atoms with Crippen molar-refractivity contribution < 1.29 is 19.4 Å². The molecule has 0 aliphatic heterocycles. The monoisotopic (exact) mass is 340 g/mol. The van der Waals surface area contributed by atoms with Crippen molar-refractivity contribution >= 4 is 17.7 Å². The number of amides is 1. The highest BCUT2D eigenvalue weighted by Crippen LogP contribution is 2.26. The smallest absolute Gasteiger partial charge is 0.407 e. The summed E-state index contributed by atoms with van der Waals surface area (Å²) in [5, 5.41) is 15.2. The highest BCUT2D eigenvalue weighted by Gasteiger charge is 2.31. The lowest BCUT2D eigenvalue weighted by molar-refractivity contribution is 0.0698. The van der Waals surface area contributed by atoms with Crippen LogP contribution in [-0.2, 0) is 11.3 Å². The van der Waals surface area contributed by atoms with E-state index in [0.29, 0.717) is 5.69 Å². The Balaban J connectivity index is 1.41. The molecule has 25 heavy (non-hydrogen) atoms. The van der Waals surface area contributed by atoms with Gasteiger partial charge in [0.15, 0.2) is 0 Å². The summed E-state index contributed by atoms with van der Waals surface area (Å²) >= 11 is 0. The van der Waals surface area contributed by atoms with E-state index in [1.54, 1.807) is 24.3 Å². The zero-order chi connectivity index (χ0) is 17.6. The van der Waals surface area contributed by atoms with E-state index in [9.17, 15) is 14.7 Å². The fraction of sp³-hybridized carbons (Fsp3) is 0.263. The molecule has 1 saturated carbocycles. The van der Waals surface area contributed by atoms with Crippen LogP contribution in [0.3, 0.4) is 0 Å². The number of rotatable bonds is 6. The summed E-state index contributed by atoms with van der Waals surface area (Å²) in [6.07, 6.45) is 1.03. The van der Waals surface area contributed by atoms with Gasteiger partial charge in [0.1, 0.15) is 6.61 Å². The number of carboxylic acid groups (broad SMARTS) is 1. The number of carboxylic acids is 1. The van der Waals surface area contributed by atoms with Crippen LogP contribution in [0.4, 0.5) is 10.5 Å². The Kier molecular flexibility index (Phi) is 5.18. The van der Waals surface area contributed by atoms with Crippen LogP contribution in [0, 0.1) is 0 Å². The molecule has 0 bridgehead atoms. The Bertz CT molecular complexity index is 742. The van der Waals surface area contributed by atoms with Gasteiger partial charge >= 0.3 is 12.1 Å². The summed E-state index contributed by atoms with van der Waals surface area (Å²) in [7, 11) is 0. The molecule has 0 spiro atoms. The van der Waals surface area contributed by atoms with Crippen LogP contribution >= 0.6 is 0 Å². The van der Waals surface area contributed by atoms with Crippen LogP contribution in [0.25, 0.3) is 0 Å². The van der Waals surface area contributed by atoms with Crippen molar-refractivity contribution in [1.29, 1.82) is 0 Å². The van der Waals surface area contributed by atoms with Crippen molar-refractivity contribution in [1.82, 2.24) is 5.32 Å². The van der Waals surface area contributed by atoms with E-state index in [-0.39, 0.29) is 24.3 Å². The first-order valence-corrected chi connectivity index (χ1v) is 8.18. The molecule has 1 aliphatic rings. The van der Waals surface area contributed by atoms with Crippen LogP contribution in [0.5, 0.6) is 0 Å². The lowest BCUT2D eigenvalue weighted by Crippen LogP contribution is -2.49. The van der Waals surface area contributed by atoms with Gasteiger partial charge in [-0.3, -0.25) is 0 Å². The van der Waals surface area contributed by atoms with E-state index in [1.807, 2.05) is 30.3 Å². The van der Waals surface area contributed by atoms with Gasteiger partial charge in [-0.1, -0.05) is 42.5 Å². The van der Waals surface area contributed by atoms with Crippen LogP contribution < -0.4 is 10.6 Å². The summed E-state index contributed by atoms with van der Waals surface area (Å²) in [4.78, 5) is 23.0. The third kappa shape index (κ3) is 4.50. The average molecular weight is 340 g/mol. The maximum Gasteiger partial charge on any atom is 0.407 e. The topological polar surface area (TPSA) is 87.7 Å². The molecule has 2 aromatic carbocycles. The van der Waals surface area contributed by atoms with Crippen molar-refractivity contribution in [3.63, 3.8) is 0 Å². The number of anilines is 1. The number of aromatic carboxylic acids is 1. The molecule has 130 valence electrons. The van der Waals surface area contributed by atoms with Crippen molar-refractivity contribution in [2.75, 3.05) is 5.32 Å². The lowest BCUT2D eigenvalue weighted by atomic mass is 9.86. The van der Waals surface area contributed by atoms with Crippen molar-refractivity contribution in [2.45, 2.75) is 31.5 Å². The highest BCUT2D eigenvalue weighted by atomic mass is 16.5. The Morgan fingerprint density at radius 2 is 1.68 bits per heavy atom. The summed E-state index contributed by atoms with van der Waals surface area (Å²) in [5.74, 6) is -0.957. The zero-order valence-corrected chi connectivity index (χ0v) is 13.6. The minimum absolute atomic E-state index is 0.0396. The quantitative estimate of drug-likeness (QED) is 0.751. The van der Waals surface area contributed by atoms with Gasteiger partial charge < -0.3 is 20.5 Å². The van der Waals surface area contributed by atoms with Gasteiger partial charge in [0.25, 0.3) is 0 Å². The van der Waals surface area contributed by atoms with E-state index < -0.39 is 12.1 Å². The largest absolute Gasteiger partial charge is 0.478 e. The number of carbonyl (C=O) groups excluding carboxylic acids is 1. The van der Waals surface area contributed by atoms with Crippen LogP contribution in [0.2, 0.25) is 0 Å². The van der Waals surface area contributed by atoms with E-state index in [1.165, 1.54) is 0 Å². The van der Waals surface area contributed by atoms with Gasteiger partial charge in [-0.15, -0.1) is 0 Å². The second-order valence-electron chi connectivity index (χ2n) is 6.07. The Morgan fingerprint density at radius 1 is 1.00 bits per heavy atom. The number of ether oxygens (including phenoxy) is 1. The molecule has 0 heterocycles. The minimum atomic E-state index is -0.957. The molecule has 0 radical (unpaired) electrons. The van der Waals surface area contributed by atoms with Gasteiger partial charge in [-0.05, 0) is 30.5 Å². The predicted molar refractivity (Wildman–Crippen MR) is 93.6 cm³/mol. The second-order valence-corrected chi connectivity index (χ2v) is 6.07. The first-order valence-electron chi connectivity index (χ1n) is 8.18. The Morgan fingerprint density at radius 3 is 2.40 bits per heavy atom. The Hall–Kier alpha value is -3.02. The third-order valence-corrected chi connectivity index (χ3v) is 4.19. The first kappa shape index (κ1) is 16.8. The summed E-state index contributed by atoms with van der Waals surface area (Å²) in [5.41, 5.74) is 1.79. The van der Waals surface area contributed by atoms with E-state index in [0.717, 1.165) is 18.4 Å². The molecule has 3 N–H and O–H groups in total. The third-order valence-electron chi connectivity index (χ3n) is 4.19. The average Bonchev–Trinajstić information content (AvgIpc) is 2.59. The van der Waals surface area contributed by atoms with Gasteiger partial charge in [-0.25, -0.2) is 9.59 Å². The van der Waals surface area contributed by atoms with E-state index >= 15 is 0 Å². The summed E-state index contributed by atoms with van der Waals surface area (Å²) < 4.78 is 5.19. The fourth-order valence-electron chi connectivity index (χ4n) is 2.80. The van der Waals surface area contributed by atoms with E-state index in [2.05, 4.69) is 10.6 Å². The summed E-state index contributed by atoms with van der Waals surface area (Å²) in [6, 6.07) is 16.5. The molecule has 1 aliphatic carbocycles. The predicted octanol–water partition coefficient (Wildman–Crippen LogP) is 3.25. The second kappa shape index (κ2) is 7.70. The number of carbonyl (C=O) groups is 2. The lowest BCUT2D eigenvalue weighted by Gasteiger charge is -2.36. The maximum atomic E-state index is 11.8. The van der Waals surface area contributed by atoms with Gasteiger partial charge in [0.05, 0.1) is 5.56 Å². The van der Waals surface area contributed by atoms with Crippen molar-refractivity contribution in [2.24, 2.45) is 0 Å². The number of hydrogen-bond acceptors (Lipinski definition) is 4. The number of para-hydroxylation sites is 1. The first-order chi connectivity index (χ1) is 12.1. The number of benzene rings is 2. The zero-order valence-electron chi connectivity index (χ0n) is 13.6. The van der Waals surface area contributed by atoms with Crippen molar-refractivity contribution in [3.05, 3.63) is 65.7 Å². The van der Waals surface area contributed by atoms with Gasteiger partial charge in [-0.2, -0.15) is 0 Å². The molecule has 1 amide bonds. The molecular weight excluding hydrogens is 320 g/mol. The van der Waals surface area contributed by atoms with E-state index in [4.69, 9.17) is 4.74 Å². The molecule has 2 aromatic rings. The maximum absolute atomic E-state index is 11.8. The Labute approximate surface area is 145 Å². The molecule has 0 atom stereocenters. The fourth-order valence-corrected chi connectivity index (χ4v) is 2.80. The number of alkyl carbamates (subject to hydrolysis) is 1. The molecule has 0 aromatic heterocycles. The molecule has 6 nitrogen and oxygen atoms in total. The van der Waals surface area contributed by atoms with Crippen LogP contribution in [0.1, 0.15) is 28.8 Å².